The molecule has 0 aromatic carbocycles. The van der Waals surface area contributed by atoms with Gasteiger partial charge in [-0.3, -0.25) is 9.59 Å². The minimum atomic E-state index is -0.474. The molecule has 27 heavy (non-hydrogen) atoms. The predicted molar refractivity (Wildman–Crippen MR) is 103 cm³/mol. The van der Waals surface area contributed by atoms with Crippen molar-refractivity contribution in [3.63, 3.8) is 0 Å². The summed E-state index contributed by atoms with van der Waals surface area (Å²) in [7, 11) is 1.34. The topological polar surface area (TPSA) is 69.7 Å². The highest BCUT2D eigenvalue weighted by molar-refractivity contribution is 6.00. The van der Waals surface area contributed by atoms with Crippen molar-refractivity contribution in [3.05, 3.63) is 34.9 Å². The van der Waals surface area contributed by atoms with E-state index in [2.05, 4.69) is 0 Å². The standard InChI is InChI=1S/C22H30O5/c1-7-8-9-10-15-14(3)18(12-17(15)23)27-21(25)19-16(22(19,4)5)11-13(2)20(24)26-6/h8-9,11,16,18-19H,7,10,12H2,1-6H3/b9-8-,13-11+/t16-,18+,19+/m1/s1. The number of methoxy groups -OCH3 is 1. The summed E-state index contributed by atoms with van der Waals surface area (Å²) in [6.07, 6.45) is 7.07. The van der Waals surface area contributed by atoms with E-state index in [1.54, 1.807) is 13.0 Å². The van der Waals surface area contributed by atoms with Crippen molar-refractivity contribution in [1.82, 2.24) is 0 Å². The van der Waals surface area contributed by atoms with Gasteiger partial charge in [-0.2, -0.15) is 0 Å². The number of esters is 2. The molecule has 0 unspecified atom stereocenters. The number of ether oxygens (including phenoxy) is 2. The van der Waals surface area contributed by atoms with E-state index in [0.717, 1.165) is 17.6 Å². The summed E-state index contributed by atoms with van der Waals surface area (Å²) in [6, 6.07) is 0. The van der Waals surface area contributed by atoms with Crippen LogP contribution in [-0.4, -0.2) is 30.9 Å². The Morgan fingerprint density at radius 1 is 1.26 bits per heavy atom. The van der Waals surface area contributed by atoms with Crippen LogP contribution < -0.4 is 0 Å². The molecule has 0 heterocycles. The second-order valence-electron chi connectivity index (χ2n) is 7.96. The van der Waals surface area contributed by atoms with Crippen LogP contribution in [0.4, 0.5) is 0 Å². The van der Waals surface area contributed by atoms with E-state index < -0.39 is 12.1 Å². The van der Waals surface area contributed by atoms with Gasteiger partial charge in [0.05, 0.1) is 19.4 Å². The Morgan fingerprint density at radius 2 is 1.93 bits per heavy atom. The quantitative estimate of drug-likeness (QED) is 0.384. The van der Waals surface area contributed by atoms with Gasteiger partial charge < -0.3 is 9.47 Å². The molecule has 3 atom stereocenters. The second kappa shape index (κ2) is 8.24. The number of carbonyl (C=O) groups excluding carboxylic acids is 3. The maximum absolute atomic E-state index is 12.7. The first kappa shape index (κ1) is 21.1. The van der Waals surface area contributed by atoms with E-state index in [4.69, 9.17) is 9.47 Å². The van der Waals surface area contributed by atoms with Gasteiger partial charge in [0, 0.05) is 11.1 Å². The first-order valence-corrected chi connectivity index (χ1v) is 9.50. The normalized spacial score (nSPS) is 27.3. The lowest BCUT2D eigenvalue weighted by molar-refractivity contribution is -0.150. The van der Waals surface area contributed by atoms with Crippen LogP contribution in [0.2, 0.25) is 0 Å². The summed E-state index contributed by atoms with van der Waals surface area (Å²) in [5.74, 6) is -1.03. The predicted octanol–water partition coefficient (Wildman–Crippen LogP) is 3.94. The fraction of sp³-hybridized carbons (Fsp3) is 0.591. The summed E-state index contributed by atoms with van der Waals surface area (Å²) in [4.78, 5) is 36.6. The first-order chi connectivity index (χ1) is 12.6. The molecular formula is C22H30O5. The smallest absolute Gasteiger partial charge is 0.333 e. The van der Waals surface area contributed by atoms with Crippen molar-refractivity contribution in [2.24, 2.45) is 17.3 Å². The number of ketones is 1. The van der Waals surface area contributed by atoms with Gasteiger partial charge in [0.15, 0.2) is 5.78 Å². The third-order valence-electron chi connectivity index (χ3n) is 5.75. The Balaban J connectivity index is 2.06. The molecule has 0 aromatic rings. The molecule has 148 valence electrons. The SMILES string of the molecule is CC/C=C\CC1=C(C)[C@@H](OC(=O)[C@@H]2[C@@H](/C=C(\C)C(=O)OC)C2(C)C)CC1=O. The van der Waals surface area contributed by atoms with Crippen LogP contribution in [0.3, 0.4) is 0 Å². The molecule has 0 aromatic heterocycles. The lowest BCUT2D eigenvalue weighted by Crippen LogP contribution is -2.20. The monoisotopic (exact) mass is 374 g/mol. The van der Waals surface area contributed by atoms with Crippen molar-refractivity contribution in [2.75, 3.05) is 7.11 Å². The molecule has 0 radical (unpaired) electrons. The van der Waals surface area contributed by atoms with E-state index in [0.29, 0.717) is 12.0 Å². The average Bonchev–Trinajstić information content (AvgIpc) is 3.05. The van der Waals surface area contributed by atoms with Gasteiger partial charge in [0.2, 0.25) is 0 Å². The van der Waals surface area contributed by atoms with Crippen LogP contribution in [0, 0.1) is 17.3 Å². The zero-order chi connectivity index (χ0) is 20.4. The molecule has 0 amide bonds. The molecule has 5 nitrogen and oxygen atoms in total. The van der Waals surface area contributed by atoms with Crippen LogP contribution in [0.5, 0.6) is 0 Å². The zero-order valence-corrected chi connectivity index (χ0v) is 17.1. The van der Waals surface area contributed by atoms with E-state index >= 15 is 0 Å². The summed E-state index contributed by atoms with van der Waals surface area (Å²) in [5, 5.41) is 0. The van der Waals surface area contributed by atoms with Crippen LogP contribution >= 0.6 is 0 Å². The molecule has 2 aliphatic rings. The van der Waals surface area contributed by atoms with Crippen molar-refractivity contribution in [3.8, 4) is 0 Å². The van der Waals surface area contributed by atoms with Gasteiger partial charge >= 0.3 is 11.9 Å². The van der Waals surface area contributed by atoms with Gasteiger partial charge in [-0.15, -0.1) is 0 Å². The molecule has 1 fully saturated rings. The van der Waals surface area contributed by atoms with E-state index in [-0.39, 0.29) is 35.4 Å². The summed E-state index contributed by atoms with van der Waals surface area (Å²) in [6.45, 7) is 9.56. The molecule has 2 rings (SSSR count). The van der Waals surface area contributed by atoms with Crippen LogP contribution in [-0.2, 0) is 23.9 Å². The van der Waals surface area contributed by atoms with Gasteiger partial charge in [-0.05, 0) is 43.6 Å². The Kier molecular flexibility index (Phi) is 6.45. The molecule has 1 saturated carbocycles. The van der Waals surface area contributed by atoms with Crippen LogP contribution in [0.15, 0.2) is 34.9 Å². The second-order valence-corrected chi connectivity index (χ2v) is 7.96. The number of Topliss-reactive ketones (excluding diaryl/α,β-unsaturated/α-hetero) is 1. The molecule has 2 aliphatic carbocycles. The maximum Gasteiger partial charge on any atom is 0.333 e. The van der Waals surface area contributed by atoms with E-state index in [1.807, 2.05) is 39.8 Å². The van der Waals surface area contributed by atoms with E-state index in [9.17, 15) is 14.4 Å². The van der Waals surface area contributed by atoms with Crippen molar-refractivity contribution in [2.45, 2.75) is 60.0 Å². The summed E-state index contributed by atoms with van der Waals surface area (Å²) in [5.41, 5.74) is 1.82. The Morgan fingerprint density at radius 3 is 2.52 bits per heavy atom. The number of allylic oxidation sites excluding steroid dienone is 4. The molecule has 0 saturated heterocycles. The minimum absolute atomic E-state index is 0.0547. The third kappa shape index (κ3) is 4.40. The van der Waals surface area contributed by atoms with Gasteiger partial charge in [-0.25, -0.2) is 4.79 Å². The maximum atomic E-state index is 12.7. The van der Waals surface area contributed by atoms with Crippen molar-refractivity contribution in [1.29, 1.82) is 0 Å². The highest BCUT2D eigenvalue weighted by Gasteiger charge is 2.62. The minimum Gasteiger partial charge on any atom is -0.466 e. The largest absolute Gasteiger partial charge is 0.466 e. The van der Waals surface area contributed by atoms with Crippen LogP contribution in [0.25, 0.3) is 0 Å². The van der Waals surface area contributed by atoms with E-state index in [1.165, 1.54) is 7.11 Å². The van der Waals surface area contributed by atoms with Gasteiger partial charge in [-0.1, -0.05) is 39.0 Å². The Labute approximate surface area is 161 Å². The molecular weight excluding hydrogens is 344 g/mol. The lowest BCUT2D eigenvalue weighted by Gasteiger charge is -2.13. The Bertz CT molecular complexity index is 723. The fourth-order valence-corrected chi connectivity index (χ4v) is 3.78. The lowest BCUT2D eigenvalue weighted by atomic mass is 10.1. The fourth-order valence-electron chi connectivity index (χ4n) is 3.78. The molecule has 0 spiro atoms. The van der Waals surface area contributed by atoms with Gasteiger partial charge in [0.25, 0.3) is 0 Å². The van der Waals surface area contributed by atoms with Gasteiger partial charge in [0.1, 0.15) is 6.10 Å². The first-order valence-electron chi connectivity index (χ1n) is 9.50. The van der Waals surface area contributed by atoms with Crippen molar-refractivity contribution >= 4 is 17.7 Å². The molecule has 0 bridgehead atoms. The highest BCUT2D eigenvalue weighted by atomic mass is 16.5. The number of hydrogen-bond donors (Lipinski definition) is 0. The number of hydrogen-bond acceptors (Lipinski definition) is 5. The Hall–Kier alpha value is -2.17. The average molecular weight is 374 g/mol. The molecule has 5 heteroatoms. The summed E-state index contributed by atoms with van der Waals surface area (Å²) < 4.78 is 10.4. The zero-order valence-electron chi connectivity index (χ0n) is 17.1. The molecule has 0 aliphatic heterocycles. The number of rotatable bonds is 7. The highest BCUT2D eigenvalue weighted by Crippen LogP contribution is 2.60. The third-order valence-corrected chi connectivity index (χ3v) is 5.75. The van der Waals surface area contributed by atoms with Crippen molar-refractivity contribution < 1.29 is 23.9 Å². The number of carbonyl (C=O) groups is 3. The summed E-state index contributed by atoms with van der Waals surface area (Å²) >= 11 is 0. The van der Waals surface area contributed by atoms with Crippen LogP contribution in [0.1, 0.15) is 53.9 Å². The molecule has 0 N–H and O–H groups in total.